The molecule has 0 saturated heterocycles. The maximum absolute atomic E-state index is 11.2. The van der Waals surface area contributed by atoms with E-state index in [9.17, 15) is 9.59 Å². The summed E-state index contributed by atoms with van der Waals surface area (Å²) in [4.78, 5) is 23.2. The summed E-state index contributed by atoms with van der Waals surface area (Å²) in [7, 11) is 0. The van der Waals surface area contributed by atoms with Gasteiger partial charge in [0.25, 0.3) is 5.91 Å². The number of carbonyl (C=O) groups excluding carboxylic acids is 2. The molecular formula is C10H13N3O2S2. The lowest BCUT2D eigenvalue weighted by molar-refractivity contribution is -0.119. The molecule has 5 nitrogen and oxygen atoms in total. The summed E-state index contributed by atoms with van der Waals surface area (Å²) in [6.07, 6.45) is 0.341. The van der Waals surface area contributed by atoms with Gasteiger partial charge in [-0.1, -0.05) is 6.92 Å². The van der Waals surface area contributed by atoms with Gasteiger partial charge >= 0.3 is 0 Å². The minimum absolute atomic E-state index is 0.168. The summed E-state index contributed by atoms with van der Waals surface area (Å²) < 4.78 is 0. The molecule has 92 valence electrons. The Morgan fingerprint density at radius 1 is 1.53 bits per heavy atom. The summed E-state index contributed by atoms with van der Waals surface area (Å²) in [5.74, 6) is -0.710. The maximum Gasteiger partial charge on any atom is 0.251 e. The van der Waals surface area contributed by atoms with Crippen LogP contribution in [-0.2, 0) is 4.79 Å². The number of aryl methyl sites for hydroxylation is 1. The van der Waals surface area contributed by atoms with Crippen molar-refractivity contribution in [1.29, 1.82) is 0 Å². The lowest BCUT2D eigenvalue weighted by Gasteiger charge is -2.07. The molecule has 2 amide bonds. The molecule has 0 aliphatic carbocycles. The molecule has 7 heteroatoms. The van der Waals surface area contributed by atoms with Crippen molar-refractivity contribution in [3.63, 3.8) is 0 Å². The number of nitrogens with one attached hydrogen (secondary N) is 2. The number of primary amides is 1. The SMILES string of the molecule is CCC(=O)NC(=S)Nc1sc(C)cc1C(N)=O. The highest BCUT2D eigenvalue weighted by atomic mass is 32.1. The van der Waals surface area contributed by atoms with E-state index in [-0.39, 0.29) is 11.0 Å². The molecule has 1 heterocycles. The number of amides is 2. The van der Waals surface area contributed by atoms with Crippen LogP contribution in [0.3, 0.4) is 0 Å². The van der Waals surface area contributed by atoms with Gasteiger partial charge in [-0.05, 0) is 25.2 Å². The molecule has 1 rings (SSSR count). The van der Waals surface area contributed by atoms with Gasteiger partial charge in [-0.15, -0.1) is 11.3 Å². The van der Waals surface area contributed by atoms with E-state index in [0.29, 0.717) is 17.0 Å². The number of hydrogen-bond donors (Lipinski definition) is 3. The molecule has 0 radical (unpaired) electrons. The van der Waals surface area contributed by atoms with Gasteiger partial charge in [-0.25, -0.2) is 0 Å². The van der Waals surface area contributed by atoms with Crippen LogP contribution in [0.15, 0.2) is 6.07 Å². The van der Waals surface area contributed by atoms with Gasteiger partial charge in [-0.3, -0.25) is 9.59 Å². The van der Waals surface area contributed by atoms with Gasteiger partial charge in [0.15, 0.2) is 5.11 Å². The monoisotopic (exact) mass is 271 g/mol. The Balaban J connectivity index is 2.77. The molecule has 0 saturated carbocycles. The second-order valence-corrected chi connectivity index (χ2v) is 4.98. The number of nitrogens with two attached hydrogens (primary N) is 1. The zero-order chi connectivity index (χ0) is 13.0. The highest BCUT2D eigenvalue weighted by Gasteiger charge is 2.13. The summed E-state index contributed by atoms with van der Waals surface area (Å²) in [5.41, 5.74) is 5.60. The highest BCUT2D eigenvalue weighted by Crippen LogP contribution is 2.26. The van der Waals surface area contributed by atoms with E-state index in [1.807, 2.05) is 6.92 Å². The smallest absolute Gasteiger partial charge is 0.251 e. The molecule has 1 aromatic rings. The van der Waals surface area contributed by atoms with Crippen molar-refractivity contribution in [3.05, 3.63) is 16.5 Å². The average molecular weight is 271 g/mol. The van der Waals surface area contributed by atoms with E-state index in [4.69, 9.17) is 18.0 Å². The molecule has 0 aromatic carbocycles. The summed E-state index contributed by atoms with van der Waals surface area (Å²) in [6, 6.07) is 1.68. The first-order chi connectivity index (χ1) is 7.93. The molecule has 0 fully saturated rings. The number of rotatable bonds is 3. The largest absolute Gasteiger partial charge is 0.366 e. The summed E-state index contributed by atoms with van der Waals surface area (Å²) in [5, 5.41) is 6.00. The first kappa shape index (κ1) is 13.6. The van der Waals surface area contributed by atoms with E-state index in [2.05, 4.69) is 10.6 Å². The van der Waals surface area contributed by atoms with Gasteiger partial charge in [0.05, 0.1) is 5.56 Å². The summed E-state index contributed by atoms with van der Waals surface area (Å²) >= 11 is 6.30. The first-order valence-electron chi connectivity index (χ1n) is 4.95. The third-order valence-corrected chi connectivity index (χ3v) is 3.09. The van der Waals surface area contributed by atoms with Crippen LogP contribution >= 0.6 is 23.6 Å². The molecule has 4 N–H and O–H groups in total. The van der Waals surface area contributed by atoms with E-state index in [1.54, 1.807) is 13.0 Å². The molecule has 0 aliphatic heterocycles. The number of anilines is 1. The maximum atomic E-state index is 11.2. The predicted octanol–water partition coefficient (Wildman–Crippen LogP) is 1.38. The topological polar surface area (TPSA) is 84.2 Å². The molecule has 0 unspecified atom stereocenters. The number of hydrogen-bond acceptors (Lipinski definition) is 4. The van der Waals surface area contributed by atoms with Crippen LogP contribution < -0.4 is 16.4 Å². The van der Waals surface area contributed by atoms with Crippen molar-refractivity contribution in [2.45, 2.75) is 20.3 Å². The van der Waals surface area contributed by atoms with Crippen molar-refractivity contribution in [2.75, 3.05) is 5.32 Å². The van der Waals surface area contributed by atoms with Crippen LogP contribution in [0.5, 0.6) is 0 Å². The van der Waals surface area contributed by atoms with Crippen molar-refractivity contribution < 1.29 is 9.59 Å². The molecule has 1 aromatic heterocycles. The fourth-order valence-electron chi connectivity index (χ4n) is 1.14. The second-order valence-electron chi connectivity index (χ2n) is 3.32. The van der Waals surface area contributed by atoms with E-state index < -0.39 is 5.91 Å². The van der Waals surface area contributed by atoms with Crippen LogP contribution in [0, 0.1) is 6.92 Å². The fraction of sp³-hybridized carbons (Fsp3) is 0.300. The van der Waals surface area contributed by atoms with Gasteiger partial charge in [0.2, 0.25) is 5.91 Å². The fourth-order valence-corrected chi connectivity index (χ4v) is 2.34. The molecule has 0 atom stereocenters. The Labute approximate surface area is 108 Å². The average Bonchev–Trinajstić information content (AvgIpc) is 2.59. The Morgan fingerprint density at radius 2 is 2.18 bits per heavy atom. The lowest BCUT2D eigenvalue weighted by atomic mass is 10.3. The quantitative estimate of drug-likeness (QED) is 0.725. The van der Waals surface area contributed by atoms with Gasteiger partial charge in [0, 0.05) is 11.3 Å². The van der Waals surface area contributed by atoms with Crippen molar-refractivity contribution in [2.24, 2.45) is 5.73 Å². The minimum Gasteiger partial charge on any atom is -0.366 e. The van der Waals surface area contributed by atoms with Crippen molar-refractivity contribution in [1.82, 2.24) is 5.32 Å². The Kier molecular flexibility index (Phi) is 4.59. The number of carbonyl (C=O) groups is 2. The van der Waals surface area contributed by atoms with Gasteiger partial charge < -0.3 is 16.4 Å². The molecular weight excluding hydrogens is 258 g/mol. The van der Waals surface area contributed by atoms with Gasteiger partial charge in [-0.2, -0.15) is 0 Å². The zero-order valence-corrected chi connectivity index (χ0v) is 11.1. The van der Waals surface area contributed by atoms with Crippen LogP contribution in [0.2, 0.25) is 0 Å². The van der Waals surface area contributed by atoms with E-state index in [1.165, 1.54) is 11.3 Å². The predicted molar refractivity (Wildman–Crippen MR) is 72.2 cm³/mol. The van der Waals surface area contributed by atoms with Gasteiger partial charge in [0.1, 0.15) is 5.00 Å². The number of thiophene rings is 1. The molecule has 0 bridgehead atoms. The second kappa shape index (κ2) is 5.74. The normalized spacial score (nSPS) is 9.76. The lowest BCUT2D eigenvalue weighted by Crippen LogP contribution is -2.33. The third-order valence-electron chi connectivity index (χ3n) is 1.92. The Bertz CT molecular complexity index is 468. The van der Waals surface area contributed by atoms with Crippen LogP contribution in [0.4, 0.5) is 5.00 Å². The molecule has 0 spiro atoms. The Morgan fingerprint density at radius 3 is 2.71 bits per heavy atom. The number of thiocarbonyl (C=S) groups is 1. The van der Waals surface area contributed by atoms with E-state index in [0.717, 1.165) is 4.88 Å². The summed E-state index contributed by atoms with van der Waals surface area (Å²) in [6.45, 7) is 3.58. The highest BCUT2D eigenvalue weighted by molar-refractivity contribution is 7.80. The van der Waals surface area contributed by atoms with Crippen molar-refractivity contribution in [3.8, 4) is 0 Å². The molecule has 0 aliphatic rings. The minimum atomic E-state index is -0.526. The third kappa shape index (κ3) is 3.79. The van der Waals surface area contributed by atoms with E-state index >= 15 is 0 Å². The molecule has 17 heavy (non-hydrogen) atoms. The van der Waals surface area contributed by atoms with Crippen LogP contribution in [-0.4, -0.2) is 16.9 Å². The van der Waals surface area contributed by atoms with Crippen LogP contribution in [0.25, 0.3) is 0 Å². The van der Waals surface area contributed by atoms with Crippen molar-refractivity contribution >= 4 is 45.5 Å². The Hall–Kier alpha value is -1.47. The van der Waals surface area contributed by atoms with Crippen LogP contribution in [0.1, 0.15) is 28.6 Å². The standard InChI is InChI=1S/C10H13N3O2S2/c1-3-7(14)12-10(16)13-9-6(8(11)15)4-5(2)17-9/h4H,3H2,1-2H3,(H2,11,15)(H2,12,13,14,16). The zero-order valence-electron chi connectivity index (χ0n) is 9.49. The first-order valence-corrected chi connectivity index (χ1v) is 6.17.